The maximum absolute atomic E-state index is 11.2. The van der Waals surface area contributed by atoms with Crippen molar-refractivity contribution in [2.75, 3.05) is 5.33 Å². The SMILES string of the molecule is O=C(CCBr)NCc1cc([N+](=O)[O-])ccc1O. The van der Waals surface area contributed by atoms with E-state index < -0.39 is 4.92 Å². The first-order valence-corrected chi connectivity index (χ1v) is 5.95. The number of amides is 1. The molecule has 6 nitrogen and oxygen atoms in total. The van der Waals surface area contributed by atoms with Crippen LogP contribution in [0.25, 0.3) is 0 Å². The van der Waals surface area contributed by atoms with E-state index in [1.165, 1.54) is 18.2 Å². The quantitative estimate of drug-likeness (QED) is 0.492. The highest BCUT2D eigenvalue weighted by atomic mass is 79.9. The van der Waals surface area contributed by atoms with Gasteiger partial charge in [-0.05, 0) is 6.07 Å². The molecule has 0 saturated heterocycles. The van der Waals surface area contributed by atoms with Crippen LogP contribution in [0.5, 0.6) is 5.75 Å². The number of nitrogens with one attached hydrogen (secondary N) is 1. The molecule has 7 heteroatoms. The first kappa shape index (κ1) is 13.4. The summed E-state index contributed by atoms with van der Waals surface area (Å²) in [5.41, 5.74) is 0.203. The van der Waals surface area contributed by atoms with E-state index in [9.17, 15) is 20.0 Å². The third-order valence-corrected chi connectivity index (χ3v) is 2.47. The number of aromatic hydroxyl groups is 1. The lowest BCUT2D eigenvalue weighted by molar-refractivity contribution is -0.384. The van der Waals surface area contributed by atoms with Crippen LogP contribution in [0, 0.1) is 10.1 Å². The topological polar surface area (TPSA) is 92.5 Å². The van der Waals surface area contributed by atoms with Gasteiger partial charge in [-0.15, -0.1) is 0 Å². The first-order chi connectivity index (χ1) is 8.04. The lowest BCUT2D eigenvalue weighted by atomic mass is 10.1. The van der Waals surface area contributed by atoms with Crippen LogP contribution in [0.15, 0.2) is 18.2 Å². The van der Waals surface area contributed by atoms with Gasteiger partial charge in [0, 0.05) is 36.0 Å². The molecule has 0 aliphatic rings. The van der Waals surface area contributed by atoms with Crippen molar-refractivity contribution in [2.45, 2.75) is 13.0 Å². The predicted octanol–water partition coefficient (Wildman–Crippen LogP) is 1.70. The summed E-state index contributed by atoms with van der Waals surface area (Å²) in [6.07, 6.45) is 0.315. The molecule has 17 heavy (non-hydrogen) atoms. The molecule has 1 rings (SSSR count). The van der Waals surface area contributed by atoms with Gasteiger partial charge in [0.1, 0.15) is 5.75 Å². The van der Waals surface area contributed by atoms with Crippen LogP contribution in [0.3, 0.4) is 0 Å². The summed E-state index contributed by atoms with van der Waals surface area (Å²) in [5.74, 6) is -0.262. The molecule has 0 bridgehead atoms. The minimum Gasteiger partial charge on any atom is -0.508 e. The van der Waals surface area contributed by atoms with Gasteiger partial charge in [0.2, 0.25) is 5.91 Å². The molecular formula is C10H11BrN2O4. The number of nitrogens with zero attached hydrogens (tertiary/aromatic N) is 1. The monoisotopic (exact) mass is 302 g/mol. The summed E-state index contributed by atoms with van der Waals surface area (Å²) in [6, 6.07) is 3.69. The highest BCUT2D eigenvalue weighted by Crippen LogP contribution is 2.22. The Kier molecular flexibility index (Phi) is 4.89. The van der Waals surface area contributed by atoms with Crippen LogP contribution in [0.2, 0.25) is 0 Å². The molecule has 0 aromatic heterocycles. The van der Waals surface area contributed by atoms with E-state index in [0.29, 0.717) is 17.3 Å². The fraction of sp³-hybridized carbons (Fsp3) is 0.300. The Labute approximate surface area is 106 Å². The number of nitro benzene ring substituents is 1. The molecule has 0 atom stereocenters. The first-order valence-electron chi connectivity index (χ1n) is 4.83. The number of phenols is 1. The van der Waals surface area contributed by atoms with Crippen LogP contribution in [-0.4, -0.2) is 21.3 Å². The number of phenolic OH excluding ortho intramolecular Hbond substituents is 1. The highest BCUT2D eigenvalue weighted by Gasteiger charge is 2.10. The van der Waals surface area contributed by atoms with Gasteiger partial charge in [-0.3, -0.25) is 14.9 Å². The van der Waals surface area contributed by atoms with Gasteiger partial charge >= 0.3 is 0 Å². The van der Waals surface area contributed by atoms with E-state index in [2.05, 4.69) is 21.2 Å². The molecule has 0 aliphatic carbocycles. The lowest BCUT2D eigenvalue weighted by Gasteiger charge is -2.06. The summed E-state index contributed by atoms with van der Waals surface area (Å²) in [7, 11) is 0. The zero-order valence-electron chi connectivity index (χ0n) is 8.85. The van der Waals surface area contributed by atoms with Crippen molar-refractivity contribution in [3.05, 3.63) is 33.9 Å². The second kappa shape index (κ2) is 6.19. The molecule has 1 amide bonds. The number of halogens is 1. The zero-order chi connectivity index (χ0) is 12.8. The zero-order valence-corrected chi connectivity index (χ0v) is 10.4. The molecule has 0 unspecified atom stereocenters. The molecule has 0 fully saturated rings. The van der Waals surface area contributed by atoms with Crippen LogP contribution in [0.4, 0.5) is 5.69 Å². The van der Waals surface area contributed by atoms with Crippen molar-refractivity contribution in [2.24, 2.45) is 0 Å². The summed E-state index contributed by atoms with van der Waals surface area (Å²) in [6.45, 7) is 0.0688. The van der Waals surface area contributed by atoms with Crippen molar-refractivity contribution in [1.82, 2.24) is 5.32 Å². The van der Waals surface area contributed by atoms with Crippen LogP contribution < -0.4 is 5.32 Å². The number of nitro groups is 1. The summed E-state index contributed by atoms with van der Waals surface area (Å²) in [4.78, 5) is 21.2. The standard InChI is InChI=1S/C10H11BrN2O4/c11-4-3-10(15)12-6-7-5-8(13(16)17)1-2-9(7)14/h1-2,5,14H,3-4,6H2,(H,12,15). The summed E-state index contributed by atoms with van der Waals surface area (Å²) >= 11 is 3.12. The van der Waals surface area contributed by atoms with Crippen molar-refractivity contribution >= 4 is 27.5 Å². The second-order valence-corrected chi connectivity index (χ2v) is 4.08. The normalized spacial score (nSPS) is 9.94. The van der Waals surface area contributed by atoms with Crippen molar-refractivity contribution in [1.29, 1.82) is 0 Å². The predicted molar refractivity (Wildman–Crippen MR) is 65.0 cm³/mol. The highest BCUT2D eigenvalue weighted by molar-refractivity contribution is 9.09. The largest absolute Gasteiger partial charge is 0.508 e. The number of hydrogen-bond donors (Lipinski definition) is 2. The van der Waals surface area contributed by atoms with Crippen LogP contribution in [-0.2, 0) is 11.3 Å². The maximum Gasteiger partial charge on any atom is 0.270 e. The Balaban J connectivity index is 2.73. The third kappa shape index (κ3) is 4.03. The number of alkyl halides is 1. The van der Waals surface area contributed by atoms with Crippen molar-refractivity contribution in [3.63, 3.8) is 0 Å². The van der Waals surface area contributed by atoms with Crippen LogP contribution >= 0.6 is 15.9 Å². The number of non-ortho nitro benzene ring substituents is 1. The number of carbonyl (C=O) groups is 1. The van der Waals surface area contributed by atoms with Gasteiger partial charge in [-0.2, -0.15) is 0 Å². The molecule has 0 radical (unpaired) electrons. The molecule has 1 aromatic rings. The van der Waals surface area contributed by atoms with E-state index in [0.717, 1.165) is 0 Å². The summed E-state index contributed by atoms with van der Waals surface area (Å²) in [5, 5.41) is 23.1. The van der Waals surface area contributed by atoms with Gasteiger partial charge in [0.25, 0.3) is 5.69 Å². The van der Waals surface area contributed by atoms with Crippen LogP contribution in [0.1, 0.15) is 12.0 Å². The molecule has 0 aliphatic heterocycles. The minimum absolute atomic E-state index is 0.0688. The van der Waals surface area contributed by atoms with E-state index in [1.54, 1.807) is 0 Å². The van der Waals surface area contributed by atoms with Gasteiger partial charge in [-0.25, -0.2) is 0 Å². The van der Waals surface area contributed by atoms with Crippen molar-refractivity contribution < 1.29 is 14.8 Å². The number of hydrogen-bond acceptors (Lipinski definition) is 4. The summed E-state index contributed by atoms with van der Waals surface area (Å²) < 4.78 is 0. The molecule has 1 aromatic carbocycles. The Bertz CT molecular complexity index is 436. The molecule has 2 N–H and O–H groups in total. The fourth-order valence-electron chi connectivity index (χ4n) is 1.20. The van der Waals surface area contributed by atoms with E-state index >= 15 is 0 Å². The molecule has 0 spiro atoms. The average Bonchev–Trinajstić information content (AvgIpc) is 2.28. The fourth-order valence-corrected chi connectivity index (χ4v) is 1.56. The van der Waals surface area contributed by atoms with Gasteiger partial charge in [0.15, 0.2) is 0 Å². The van der Waals surface area contributed by atoms with Gasteiger partial charge in [0.05, 0.1) is 4.92 Å². The van der Waals surface area contributed by atoms with Crippen molar-refractivity contribution in [3.8, 4) is 5.75 Å². The molecule has 0 saturated carbocycles. The molecule has 0 heterocycles. The lowest BCUT2D eigenvalue weighted by Crippen LogP contribution is -2.22. The Morgan fingerprint density at radius 3 is 2.82 bits per heavy atom. The van der Waals surface area contributed by atoms with E-state index in [1.807, 2.05) is 0 Å². The third-order valence-electron chi connectivity index (χ3n) is 2.07. The number of rotatable bonds is 5. The smallest absolute Gasteiger partial charge is 0.270 e. The second-order valence-electron chi connectivity index (χ2n) is 3.29. The Morgan fingerprint density at radius 2 is 2.24 bits per heavy atom. The maximum atomic E-state index is 11.2. The number of carbonyl (C=O) groups excluding carboxylic acids is 1. The molecular weight excluding hydrogens is 292 g/mol. The number of benzene rings is 1. The van der Waals surface area contributed by atoms with E-state index in [4.69, 9.17) is 0 Å². The Morgan fingerprint density at radius 1 is 1.53 bits per heavy atom. The van der Waals surface area contributed by atoms with Gasteiger partial charge < -0.3 is 10.4 Å². The van der Waals surface area contributed by atoms with Gasteiger partial charge in [-0.1, -0.05) is 15.9 Å². The van der Waals surface area contributed by atoms with E-state index in [-0.39, 0.29) is 23.9 Å². The minimum atomic E-state index is -0.552. The molecule has 92 valence electrons. The average molecular weight is 303 g/mol. The Hall–Kier alpha value is -1.63.